The van der Waals surface area contributed by atoms with Gasteiger partial charge in [0.05, 0.1) is 13.7 Å². The quantitative estimate of drug-likeness (QED) is 0.760. The summed E-state index contributed by atoms with van der Waals surface area (Å²) in [5, 5.41) is 3.34. The molecule has 1 unspecified atom stereocenters. The molecule has 1 N–H and O–H groups in total. The minimum Gasteiger partial charge on any atom is -0.463 e. The number of rotatable bonds is 7. The van der Waals surface area contributed by atoms with E-state index in [9.17, 15) is 4.79 Å². The van der Waals surface area contributed by atoms with Crippen molar-refractivity contribution in [2.75, 3.05) is 19.1 Å². The Balaban J connectivity index is 2.36. The summed E-state index contributed by atoms with van der Waals surface area (Å²) >= 11 is 1.84. The van der Waals surface area contributed by atoms with Crippen molar-refractivity contribution in [1.29, 1.82) is 0 Å². The van der Waals surface area contributed by atoms with Crippen molar-refractivity contribution in [2.45, 2.75) is 25.9 Å². The van der Waals surface area contributed by atoms with Crippen LogP contribution in [0.1, 0.15) is 29.7 Å². The molecule has 5 heteroatoms. The van der Waals surface area contributed by atoms with Gasteiger partial charge in [-0.25, -0.2) is 4.79 Å². The van der Waals surface area contributed by atoms with Gasteiger partial charge >= 0.3 is 5.97 Å². The Bertz CT molecular complexity index is 351. The first kappa shape index (κ1) is 14.1. The lowest BCUT2D eigenvalue weighted by molar-refractivity contribution is 0.0563. The van der Waals surface area contributed by atoms with Crippen LogP contribution in [0.5, 0.6) is 0 Å². The Morgan fingerprint density at radius 3 is 3.00 bits per heavy atom. The number of furan rings is 1. The topological polar surface area (TPSA) is 51.5 Å². The summed E-state index contributed by atoms with van der Waals surface area (Å²) in [5.41, 5.74) is 0. The molecule has 1 aromatic heterocycles. The second kappa shape index (κ2) is 7.40. The molecule has 0 aliphatic rings. The molecule has 0 aliphatic heterocycles. The maximum absolute atomic E-state index is 11.2. The van der Waals surface area contributed by atoms with Crippen molar-refractivity contribution in [3.63, 3.8) is 0 Å². The molecule has 0 aliphatic carbocycles. The van der Waals surface area contributed by atoms with Crippen LogP contribution in [-0.4, -0.2) is 31.1 Å². The van der Waals surface area contributed by atoms with E-state index in [0.29, 0.717) is 12.6 Å². The van der Waals surface area contributed by atoms with Gasteiger partial charge in [0, 0.05) is 6.04 Å². The van der Waals surface area contributed by atoms with Gasteiger partial charge in [-0.3, -0.25) is 0 Å². The fourth-order valence-corrected chi connectivity index (χ4v) is 1.94. The normalized spacial score (nSPS) is 12.4. The van der Waals surface area contributed by atoms with Gasteiger partial charge in [0.25, 0.3) is 0 Å². The van der Waals surface area contributed by atoms with Crippen LogP contribution in [0.2, 0.25) is 0 Å². The molecular weight excluding hydrogens is 238 g/mol. The van der Waals surface area contributed by atoms with Gasteiger partial charge in [-0.15, -0.1) is 0 Å². The molecule has 0 saturated carbocycles. The van der Waals surface area contributed by atoms with E-state index in [1.807, 2.05) is 11.8 Å². The van der Waals surface area contributed by atoms with Gasteiger partial charge in [0.1, 0.15) is 5.76 Å². The van der Waals surface area contributed by atoms with Crippen LogP contribution >= 0.6 is 11.8 Å². The number of carbonyl (C=O) groups excluding carboxylic acids is 1. The smallest absolute Gasteiger partial charge is 0.373 e. The summed E-state index contributed by atoms with van der Waals surface area (Å²) in [4.78, 5) is 11.2. The summed E-state index contributed by atoms with van der Waals surface area (Å²) in [6.45, 7) is 2.77. The lowest BCUT2D eigenvalue weighted by atomic mass is 10.2. The van der Waals surface area contributed by atoms with Crippen molar-refractivity contribution in [3.05, 3.63) is 23.7 Å². The zero-order valence-electron chi connectivity index (χ0n) is 10.5. The van der Waals surface area contributed by atoms with Crippen LogP contribution in [-0.2, 0) is 11.3 Å². The highest BCUT2D eigenvalue weighted by molar-refractivity contribution is 7.98. The Morgan fingerprint density at radius 2 is 2.35 bits per heavy atom. The number of thioether (sulfide) groups is 1. The highest BCUT2D eigenvalue weighted by Crippen LogP contribution is 2.09. The van der Waals surface area contributed by atoms with Crippen LogP contribution in [0.15, 0.2) is 16.5 Å². The summed E-state index contributed by atoms with van der Waals surface area (Å²) in [5.74, 6) is 1.70. The molecular formula is C12H19NO3S. The third kappa shape index (κ3) is 4.83. The first-order valence-electron chi connectivity index (χ1n) is 5.56. The third-order valence-electron chi connectivity index (χ3n) is 2.43. The van der Waals surface area contributed by atoms with E-state index in [-0.39, 0.29) is 5.76 Å². The molecule has 96 valence electrons. The number of nitrogens with one attached hydrogen (secondary N) is 1. The minimum atomic E-state index is -0.438. The molecule has 0 radical (unpaired) electrons. The first-order chi connectivity index (χ1) is 8.17. The van der Waals surface area contributed by atoms with E-state index in [1.165, 1.54) is 7.11 Å². The molecule has 0 spiro atoms. The van der Waals surface area contributed by atoms with E-state index < -0.39 is 5.97 Å². The number of hydrogen-bond donors (Lipinski definition) is 1. The predicted molar refractivity (Wildman–Crippen MR) is 69.3 cm³/mol. The van der Waals surface area contributed by atoms with Crippen molar-refractivity contribution >= 4 is 17.7 Å². The minimum absolute atomic E-state index is 0.251. The van der Waals surface area contributed by atoms with E-state index in [0.717, 1.165) is 17.9 Å². The Kier molecular flexibility index (Phi) is 6.15. The molecule has 1 heterocycles. The van der Waals surface area contributed by atoms with Crippen molar-refractivity contribution in [3.8, 4) is 0 Å². The van der Waals surface area contributed by atoms with Crippen LogP contribution < -0.4 is 5.32 Å². The van der Waals surface area contributed by atoms with Gasteiger partial charge in [-0.2, -0.15) is 11.8 Å². The molecule has 0 aromatic carbocycles. The third-order valence-corrected chi connectivity index (χ3v) is 3.07. The average molecular weight is 257 g/mol. The van der Waals surface area contributed by atoms with Gasteiger partial charge in [-0.05, 0) is 37.5 Å². The summed E-state index contributed by atoms with van der Waals surface area (Å²) in [6, 6.07) is 3.87. The van der Waals surface area contributed by atoms with Crippen molar-refractivity contribution < 1.29 is 13.9 Å². The van der Waals surface area contributed by atoms with Crippen LogP contribution in [0.4, 0.5) is 0 Å². The largest absolute Gasteiger partial charge is 0.463 e. The maximum atomic E-state index is 11.2. The number of hydrogen-bond acceptors (Lipinski definition) is 5. The second-order valence-electron chi connectivity index (χ2n) is 3.82. The van der Waals surface area contributed by atoms with Gasteiger partial charge in [0.2, 0.25) is 5.76 Å². The van der Waals surface area contributed by atoms with E-state index in [4.69, 9.17) is 4.42 Å². The lowest BCUT2D eigenvalue weighted by Crippen LogP contribution is -2.25. The van der Waals surface area contributed by atoms with Gasteiger partial charge in [0.15, 0.2) is 0 Å². The lowest BCUT2D eigenvalue weighted by Gasteiger charge is -2.11. The molecule has 1 atom stereocenters. The number of carbonyl (C=O) groups is 1. The Labute approximate surface area is 106 Å². The number of methoxy groups -OCH3 is 1. The van der Waals surface area contributed by atoms with E-state index in [1.54, 1.807) is 12.1 Å². The molecule has 4 nitrogen and oxygen atoms in total. The van der Waals surface area contributed by atoms with E-state index in [2.05, 4.69) is 23.2 Å². The molecule has 1 rings (SSSR count). The number of ether oxygens (including phenoxy) is 1. The molecule has 0 amide bonds. The fourth-order valence-electron chi connectivity index (χ4n) is 1.35. The Hall–Kier alpha value is -0.940. The zero-order valence-corrected chi connectivity index (χ0v) is 11.3. The molecule has 1 aromatic rings. The highest BCUT2D eigenvalue weighted by atomic mass is 32.2. The van der Waals surface area contributed by atoms with Crippen molar-refractivity contribution in [2.24, 2.45) is 0 Å². The number of esters is 1. The zero-order chi connectivity index (χ0) is 12.7. The van der Waals surface area contributed by atoms with Gasteiger partial charge in [-0.1, -0.05) is 0 Å². The highest BCUT2D eigenvalue weighted by Gasteiger charge is 2.11. The predicted octanol–water partition coefficient (Wildman–Crippen LogP) is 2.30. The summed E-state index contributed by atoms with van der Waals surface area (Å²) < 4.78 is 9.92. The monoisotopic (exact) mass is 257 g/mol. The fraction of sp³-hybridized carbons (Fsp3) is 0.583. The van der Waals surface area contributed by atoms with Crippen LogP contribution in [0, 0.1) is 0 Å². The molecule has 0 saturated heterocycles. The van der Waals surface area contributed by atoms with Gasteiger partial charge < -0.3 is 14.5 Å². The second-order valence-corrected chi connectivity index (χ2v) is 4.81. The summed E-state index contributed by atoms with van der Waals surface area (Å²) in [7, 11) is 1.34. The van der Waals surface area contributed by atoms with E-state index >= 15 is 0 Å². The maximum Gasteiger partial charge on any atom is 0.373 e. The molecule has 0 bridgehead atoms. The molecule has 17 heavy (non-hydrogen) atoms. The molecule has 0 fully saturated rings. The Morgan fingerprint density at radius 1 is 1.59 bits per heavy atom. The standard InChI is InChI=1S/C12H19NO3S/c1-9(6-7-17-3)13-8-10-4-5-11(16-10)12(14)15-2/h4-5,9,13H,6-8H2,1-3H3. The first-order valence-corrected chi connectivity index (χ1v) is 6.96. The summed E-state index contributed by atoms with van der Waals surface area (Å²) in [6.07, 6.45) is 3.22. The SMILES string of the molecule is COC(=O)c1ccc(CNC(C)CCSC)o1. The van der Waals surface area contributed by atoms with Crippen LogP contribution in [0.3, 0.4) is 0 Å². The average Bonchev–Trinajstić information content (AvgIpc) is 2.81. The van der Waals surface area contributed by atoms with Crippen LogP contribution in [0.25, 0.3) is 0 Å². The van der Waals surface area contributed by atoms with Crippen molar-refractivity contribution in [1.82, 2.24) is 5.32 Å².